The van der Waals surface area contributed by atoms with E-state index in [1.165, 1.54) is 6.42 Å². The highest BCUT2D eigenvalue weighted by atomic mass is 16.3. The number of nitrogens with zero attached hydrogens (tertiary/aromatic N) is 1. The molecule has 1 aromatic rings. The Morgan fingerprint density at radius 2 is 2.11 bits per heavy atom. The van der Waals surface area contributed by atoms with Gasteiger partial charge in [-0.15, -0.1) is 0 Å². The van der Waals surface area contributed by atoms with E-state index in [0.717, 1.165) is 18.4 Å². The average molecular weight is 248 g/mol. The minimum absolute atomic E-state index is 0.127. The van der Waals surface area contributed by atoms with Crippen molar-refractivity contribution in [3.8, 4) is 0 Å². The molecule has 0 aliphatic heterocycles. The first-order valence-corrected chi connectivity index (χ1v) is 6.82. The third-order valence-electron chi connectivity index (χ3n) is 4.54. The van der Waals surface area contributed by atoms with Crippen LogP contribution in [0.4, 0.5) is 5.82 Å². The second kappa shape index (κ2) is 4.88. The van der Waals surface area contributed by atoms with Crippen LogP contribution in [-0.4, -0.2) is 16.2 Å². The summed E-state index contributed by atoms with van der Waals surface area (Å²) in [6.07, 6.45) is 4.63. The standard InChI is InChI=1S/C15H24N2O/c1-10-6-7-11(13(18)9-10)15(2,3)12-5-4-8-17-14(12)16/h4-5,8,10-11,13,18H,6-7,9H2,1-3H3,(H2,16,17). The molecule has 1 saturated carbocycles. The summed E-state index contributed by atoms with van der Waals surface area (Å²) in [7, 11) is 0. The number of rotatable bonds is 2. The summed E-state index contributed by atoms with van der Waals surface area (Å²) in [6.45, 7) is 6.55. The van der Waals surface area contributed by atoms with E-state index in [1.807, 2.05) is 12.1 Å². The molecule has 0 radical (unpaired) electrons. The van der Waals surface area contributed by atoms with Gasteiger partial charge in [0.15, 0.2) is 0 Å². The first kappa shape index (κ1) is 13.3. The van der Waals surface area contributed by atoms with Gasteiger partial charge >= 0.3 is 0 Å². The van der Waals surface area contributed by atoms with Crippen molar-refractivity contribution in [1.82, 2.24) is 4.98 Å². The minimum atomic E-state index is -0.233. The number of anilines is 1. The van der Waals surface area contributed by atoms with Gasteiger partial charge in [0.2, 0.25) is 0 Å². The summed E-state index contributed by atoms with van der Waals surface area (Å²) in [5.74, 6) is 1.48. The van der Waals surface area contributed by atoms with E-state index in [1.54, 1.807) is 6.20 Å². The zero-order chi connectivity index (χ0) is 13.3. The quantitative estimate of drug-likeness (QED) is 0.846. The molecule has 1 heterocycles. The molecule has 3 atom stereocenters. The molecule has 1 aliphatic carbocycles. The average Bonchev–Trinajstić information content (AvgIpc) is 2.28. The summed E-state index contributed by atoms with van der Waals surface area (Å²) in [5.41, 5.74) is 6.93. The van der Waals surface area contributed by atoms with E-state index in [0.29, 0.717) is 11.7 Å². The molecule has 0 saturated heterocycles. The van der Waals surface area contributed by atoms with Crippen LogP contribution >= 0.6 is 0 Å². The highest BCUT2D eigenvalue weighted by Crippen LogP contribution is 2.43. The van der Waals surface area contributed by atoms with Gasteiger partial charge in [-0.1, -0.05) is 33.3 Å². The number of hydrogen-bond donors (Lipinski definition) is 2. The van der Waals surface area contributed by atoms with Gasteiger partial charge in [0.05, 0.1) is 6.10 Å². The van der Waals surface area contributed by atoms with Crippen molar-refractivity contribution in [2.75, 3.05) is 5.73 Å². The molecule has 3 heteroatoms. The largest absolute Gasteiger partial charge is 0.393 e. The fourth-order valence-electron chi connectivity index (χ4n) is 3.35. The summed E-state index contributed by atoms with van der Waals surface area (Å²) in [6, 6.07) is 3.96. The van der Waals surface area contributed by atoms with Gasteiger partial charge in [0, 0.05) is 11.8 Å². The maximum absolute atomic E-state index is 10.4. The van der Waals surface area contributed by atoms with Crippen molar-refractivity contribution in [3.63, 3.8) is 0 Å². The lowest BCUT2D eigenvalue weighted by Crippen LogP contribution is -2.41. The fraction of sp³-hybridized carbons (Fsp3) is 0.667. The molecule has 18 heavy (non-hydrogen) atoms. The highest BCUT2D eigenvalue weighted by Gasteiger charge is 2.40. The van der Waals surface area contributed by atoms with E-state index in [-0.39, 0.29) is 17.4 Å². The second-order valence-corrected chi connectivity index (χ2v) is 6.25. The lowest BCUT2D eigenvalue weighted by atomic mass is 9.64. The summed E-state index contributed by atoms with van der Waals surface area (Å²) in [5, 5.41) is 10.4. The van der Waals surface area contributed by atoms with Gasteiger partial charge in [0.25, 0.3) is 0 Å². The SMILES string of the molecule is CC1CCC(C(C)(C)c2cccnc2N)C(O)C1. The van der Waals surface area contributed by atoms with Gasteiger partial charge in [-0.05, 0) is 36.2 Å². The van der Waals surface area contributed by atoms with Crippen LogP contribution in [0.15, 0.2) is 18.3 Å². The Kier molecular flexibility index (Phi) is 3.62. The normalized spacial score (nSPS) is 29.2. The molecular formula is C15H24N2O. The van der Waals surface area contributed by atoms with Crippen molar-refractivity contribution >= 4 is 5.82 Å². The van der Waals surface area contributed by atoms with Crippen molar-refractivity contribution in [3.05, 3.63) is 23.9 Å². The van der Waals surface area contributed by atoms with Crippen LogP contribution in [0.3, 0.4) is 0 Å². The first-order valence-electron chi connectivity index (χ1n) is 6.82. The number of nitrogen functional groups attached to an aromatic ring is 1. The topological polar surface area (TPSA) is 59.1 Å². The lowest BCUT2D eigenvalue weighted by Gasteiger charge is -2.42. The number of nitrogens with two attached hydrogens (primary N) is 1. The zero-order valence-electron chi connectivity index (χ0n) is 11.6. The summed E-state index contributed by atoms with van der Waals surface area (Å²) in [4.78, 5) is 4.18. The molecule has 3 unspecified atom stereocenters. The summed E-state index contributed by atoms with van der Waals surface area (Å²) >= 11 is 0. The molecule has 0 aromatic carbocycles. The molecular weight excluding hydrogens is 224 g/mol. The monoisotopic (exact) mass is 248 g/mol. The van der Waals surface area contributed by atoms with E-state index >= 15 is 0 Å². The molecule has 2 rings (SSSR count). The predicted octanol–water partition coefficient (Wildman–Crippen LogP) is 2.74. The number of pyridine rings is 1. The van der Waals surface area contributed by atoms with E-state index in [4.69, 9.17) is 5.73 Å². The van der Waals surface area contributed by atoms with Crippen LogP contribution in [0, 0.1) is 11.8 Å². The van der Waals surface area contributed by atoms with Gasteiger partial charge in [-0.3, -0.25) is 0 Å². The number of hydrogen-bond acceptors (Lipinski definition) is 3. The molecule has 0 spiro atoms. The molecule has 0 amide bonds. The maximum atomic E-state index is 10.4. The van der Waals surface area contributed by atoms with Crippen molar-refractivity contribution < 1.29 is 5.11 Å². The Morgan fingerprint density at radius 1 is 1.39 bits per heavy atom. The van der Waals surface area contributed by atoms with Crippen LogP contribution in [0.25, 0.3) is 0 Å². The molecule has 1 aromatic heterocycles. The predicted molar refractivity (Wildman–Crippen MR) is 74.2 cm³/mol. The second-order valence-electron chi connectivity index (χ2n) is 6.25. The Labute approximate surface area is 109 Å². The van der Waals surface area contributed by atoms with Crippen LogP contribution in [-0.2, 0) is 5.41 Å². The first-order chi connectivity index (χ1) is 8.43. The Balaban J connectivity index is 2.28. The van der Waals surface area contributed by atoms with Gasteiger partial charge in [-0.25, -0.2) is 4.98 Å². The van der Waals surface area contributed by atoms with Crippen molar-refractivity contribution in [2.24, 2.45) is 11.8 Å². The Bertz CT molecular complexity index is 417. The fourth-order valence-corrected chi connectivity index (χ4v) is 3.35. The molecule has 0 bridgehead atoms. The van der Waals surface area contributed by atoms with Crippen molar-refractivity contribution in [1.29, 1.82) is 0 Å². The van der Waals surface area contributed by atoms with Crippen LogP contribution < -0.4 is 5.73 Å². The third kappa shape index (κ3) is 2.37. The smallest absolute Gasteiger partial charge is 0.127 e. The number of aliphatic hydroxyl groups excluding tert-OH is 1. The molecule has 1 aliphatic rings. The van der Waals surface area contributed by atoms with Gasteiger partial charge in [0.1, 0.15) is 5.82 Å². The minimum Gasteiger partial charge on any atom is -0.393 e. The zero-order valence-corrected chi connectivity index (χ0v) is 11.6. The van der Waals surface area contributed by atoms with E-state index < -0.39 is 0 Å². The van der Waals surface area contributed by atoms with Crippen LogP contribution in [0.1, 0.15) is 45.6 Å². The highest BCUT2D eigenvalue weighted by molar-refractivity contribution is 5.44. The number of aliphatic hydroxyl groups is 1. The molecule has 100 valence electrons. The van der Waals surface area contributed by atoms with Gasteiger partial charge in [-0.2, -0.15) is 0 Å². The van der Waals surface area contributed by atoms with Crippen LogP contribution in [0.2, 0.25) is 0 Å². The third-order valence-corrected chi connectivity index (χ3v) is 4.54. The molecule has 1 fully saturated rings. The Hall–Kier alpha value is -1.09. The van der Waals surface area contributed by atoms with E-state index in [9.17, 15) is 5.11 Å². The lowest BCUT2D eigenvalue weighted by molar-refractivity contribution is 0.0145. The van der Waals surface area contributed by atoms with E-state index in [2.05, 4.69) is 25.8 Å². The van der Waals surface area contributed by atoms with Gasteiger partial charge < -0.3 is 10.8 Å². The Morgan fingerprint density at radius 3 is 2.72 bits per heavy atom. The molecule has 3 nitrogen and oxygen atoms in total. The summed E-state index contributed by atoms with van der Waals surface area (Å²) < 4.78 is 0. The van der Waals surface area contributed by atoms with Crippen molar-refractivity contribution in [2.45, 2.75) is 51.6 Å². The van der Waals surface area contributed by atoms with Crippen LogP contribution in [0.5, 0.6) is 0 Å². The maximum Gasteiger partial charge on any atom is 0.127 e. The number of aromatic nitrogens is 1. The molecule has 3 N–H and O–H groups in total.